The summed E-state index contributed by atoms with van der Waals surface area (Å²) in [7, 11) is 0. The summed E-state index contributed by atoms with van der Waals surface area (Å²) in [4.78, 5) is 23.2. The highest BCUT2D eigenvalue weighted by atomic mass is 16.2. The van der Waals surface area contributed by atoms with E-state index in [1.807, 2.05) is 60.7 Å². The van der Waals surface area contributed by atoms with Gasteiger partial charge in [0.2, 0.25) is 5.91 Å². The Morgan fingerprint density at radius 3 is 2.23 bits per heavy atom. The zero-order chi connectivity index (χ0) is 15.6. The lowest BCUT2D eigenvalue weighted by Gasteiger charge is -2.04. The molecule has 2 aromatic carbocycles. The van der Waals surface area contributed by atoms with Gasteiger partial charge in [0.05, 0.1) is 19.2 Å². The molecule has 0 saturated carbocycles. The first-order chi connectivity index (χ1) is 10.7. The maximum Gasteiger partial charge on any atom is 0.259 e. The van der Waals surface area contributed by atoms with Crippen molar-refractivity contribution >= 4 is 18.0 Å². The van der Waals surface area contributed by atoms with Crippen LogP contribution in [0.5, 0.6) is 0 Å². The minimum absolute atomic E-state index is 0.0994. The first-order valence-corrected chi connectivity index (χ1v) is 6.91. The Morgan fingerprint density at radius 2 is 1.55 bits per heavy atom. The van der Waals surface area contributed by atoms with Crippen LogP contribution in [0, 0.1) is 0 Å². The fraction of sp³-hybridized carbons (Fsp3) is 0.118. The van der Waals surface area contributed by atoms with Crippen LogP contribution in [0.3, 0.4) is 0 Å². The van der Waals surface area contributed by atoms with Gasteiger partial charge in [-0.05, 0) is 11.1 Å². The molecule has 0 radical (unpaired) electrons. The zero-order valence-electron chi connectivity index (χ0n) is 12.0. The van der Waals surface area contributed by atoms with Crippen molar-refractivity contribution in [1.29, 1.82) is 0 Å². The van der Waals surface area contributed by atoms with Crippen molar-refractivity contribution in [2.75, 3.05) is 6.54 Å². The number of carbonyl (C=O) groups excluding carboxylic acids is 2. The Labute approximate surface area is 129 Å². The fourth-order valence-corrected chi connectivity index (χ4v) is 1.78. The van der Waals surface area contributed by atoms with Gasteiger partial charge in [0, 0.05) is 0 Å². The molecular weight excluding hydrogens is 278 g/mol. The van der Waals surface area contributed by atoms with Gasteiger partial charge in [0.1, 0.15) is 0 Å². The quantitative estimate of drug-likeness (QED) is 0.626. The van der Waals surface area contributed by atoms with Gasteiger partial charge < -0.3 is 5.32 Å². The molecule has 5 nitrogen and oxygen atoms in total. The standard InChI is InChI=1S/C17H17N3O2/c21-16(11-14-7-3-1-4-8-14)18-13-17(22)20-19-12-15-9-5-2-6-10-15/h1-10,12H,11,13H2,(H,18,21)(H,20,22)/b19-12+. The summed E-state index contributed by atoms with van der Waals surface area (Å²) >= 11 is 0. The van der Waals surface area contributed by atoms with E-state index in [-0.39, 0.29) is 24.8 Å². The maximum atomic E-state index is 11.7. The molecule has 0 bridgehead atoms. The molecule has 0 atom stereocenters. The van der Waals surface area contributed by atoms with Gasteiger partial charge >= 0.3 is 0 Å². The summed E-state index contributed by atoms with van der Waals surface area (Å²) in [5, 5.41) is 6.38. The predicted octanol–water partition coefficient (Wildman–Crippen LogP) is 1.50. The molecule has 0 heterocycles. The number of amides is 2. The van der Waals surface area contributed by atoms with Crippen LogP contribution in [0.2, 0.25) is 0 Å². The van der Waals surface area contributed by atoms with Crippen LogP contribution in [-0.2, 0) is 16.0 Å². The summed E-state index contributed by atoms with van der Waals surface area (Å²) < 4.78 is 0. The molecule has 5 heteroatoms. The molecule has 112 valence electrons. The SMILES string of the molecule is O=C(Cc1ccccc1)NCC(=O)N/N=C/c1ccccc1. The second-order valence-electron chi connectivity index (χ2n) is 4.64. The van der Waals surface area contributed by atoms with E-state index in [4.69, 9.17) is 0 Å². The van der Waals surface area contributed by atoms with Crippen molar-refractivity contribution in [2.24, 2.45) is 5.10 Å². The van der Waals surface area contributed by atoms with E-state index in [1.54, 1.807) is 6.21 Å². The molecule has 2 N–H and O–H groups in total. The molecule has 2 rings (SSSR count). The highest BCUT2D eigenvalue weighted by Gasteiger charge is 2.05. The summed E-state index contributed by atoms with van der Waals surface area (Å²) in [6.07, 6.45) is 1.80. The lowest BCUT2D eigenvalue weighted by molar-refractivity contribution is -0.125. The monoisotopic (exact) mass is 295 g/mol. The van der Waals surface area contributed by atoms with Crippen molar-refractivity contribution in [3.8, 4) is 0 Å². The highest BCUT2D eigenvalue weighted by molar-refractivity contribution is 5.86. The third-order valence-corrected chi connectivity index (χ3v) is 2.86. The molecule has 0 spiro atoms. The molecule has 0 aliphatic rings. The fourth-order valence-electron chi connectivity index (χ4n) is 1.78. The number of hydrazone groups is 1. The number of benzene rings is 2. The predicted molar refractivity (Wildman–Crippen MR) is 85.3 cm³/mol. The average Bonchev–Trinajstić information content (AvgIpc) is 2.55. The van der Waals surface area contributed by atoms with E-state index >= 15 is 0 Å². The van der Waals surface area contributed by atoms with Crippen molar-refractivity contribution in [1.82, 2.24) is 10.7 Å². The van der Waals surface area contributed by atoms with E-state index in [0.717, 1.165) is 11.1 Å². The van der Waals surface area contributed by atoms with Crippen LogP contribution in [0.25, 0.3) is 0 Å². The van der Waals surface area contributed by atoms with E-state index in [1.165, 1.54) is 0 Å². The Morgan fingerprint density at radius 1 is 0.909 bits per heavy atom. The molecule has 0 aromatic heterocycles. The van der Waals surface area contributed by atoms with Crippen molar-refractivity contribution in [2.45, 2.75) is 6.42 Å². The van der Waals surface area contributed by atoms with Gasteiger partial charge in [0.15, 0.2) is 0 Å². The maximum absolute atomic E-state index is 11.7. The number of rotatable bonds is 6. The molecule has 2 amide bonds. The van der Waals surface area contributed by atoms with E-state index in [0.29, 0.717) is 0 Å². The summed E-state index contributed by atoms with van der Waals surface area (Å²) in [5.74, 6) is -0.568. The average molecular weight is 295 g/mol. The van der Waals surface area contributed by atoms with Crippen LogP contribution in [-0.4, -0.2) is 24.6 Å². The van der Waals surface area contributed by atoms with Crippen LogP contribution in [0.4, 0.5) is 0 Å². The van der Waals surface area contributed by atoms with Crippen molar-refractivity contribution in [3.63, 3.8) is 0 Å². The van der Waals surface area contributed by atoms with Crippen LogP contribution < -0.4 is 10.7 Å². The Hall–Kier alpha value is -2.95. The Kier molecular flexibility index (Phi) is 5.87. The normalized spacial score (nSPS) is 10.4. The largest absolute Gasteiger partial charge is 0.347 e. The van der Waals surface area contributed by atoms with Gasteiger partial charge in [0.25, 0.3) is 5.91 Å². The molecule has 0 aliphatic carbocycles. The molecular formula is C17H17N3O2. The van der Waals surface area contributed by atoms with Gasteiger partial charge in [-0.3, -0.25) is 9.59 Å². The lowest BCUT2D eigenvalue weighted by atomic mass is 10.1. The zero-order valence-corrected chi connectivity index (χ0v) is 12.0. The number of hydrogen-bond acceptors (Lipinski definition) is 3. The molecule has 2 aromatic rings. The molecule has 0 unspecified atom stereocenters. The molecule has 0 fully saturated rings. The topological polar surface area (TPSA) is 70.6 Å². The summed E-state index contributed by atoms with van der Waals surface area (Å²) in [6.45, 7) is -0.0994. The Bertz CT molecular complexity index is 639. The van der Waals surface area contributed by atoms with Crippen LogP contribution in [0.1, 0.15) is 11.1 Å². The lowest BCUT2D eigenvalue weighted by Crippen LogP contribution is -2.35. The first-order valence-electron chi connectivity index (χ1n) is 6.91. The number of nitrogens with one attached hydrogen (secondary N) is 2. The number of hydrogen-bond donors (Lipinski definition) is 2. The van der Waals surface area contributed by atoms with Gasteiger partial charge in [-0.1, -0.05) is 60.7 Å². The van der Waals surface area contributed by atoms with E-state index in [2.05, 4.69) is 15.8 Å². The van der Waals surface area contributed by atoms with Crippen molar-refractivity contribution in [3.05, 3.63) is 71.8 Å². The molecule has 22 heavy (non-hydrogen) atoms. The minimum Gasteiger partial charge on any atom is -0.347 e. The smallest absolute Gasteiger partial charge is 0.259 e. The first kappa shape index (κ1) is 15.4. The Balaban J connectivity index is 1.69. The molecule has 0 saturated heterocycles. The minimum atomic E-state index is -0.367. The van der Waals surface area contributed by atoms with Gasteiger partial charge in [-0.25, -0.2) is 5.43 Å². The van der Waals surface area contributed by atoms with Crippen molar-refractivity contribution < 1.29 is 9.59 Å². The second kappa shape index (κ2) is 8.36. The van der Waals surface area contributed by atoms with Gasteiger partial charge in [-0.2, -0.15) is 5.10 Å². The molecule has 0 aliphatic heterocycles. The van der Waals surface area contributed by atoms with E-state index < -0.39 is 0 Å². The van der Waals surface area contributed by atoms with E-state index in [9.17, 15) is 9.59 Å². The number of nitrogens with zero attached hydrogens (tertiary/aromatic N) is 1. The van der Waals surface area contributed by atoms with Gasteiger partial charge in [-0.15, -0.1) is 0 Å². The summed E-state index contributed by atoms with van der Waals surface area (Å²) in [6, 6.07) is 18.8. The van der Waals surface area contributed by atoms with Crippen LogP contribution in [0.15, 0.2) is 65.8 Å². The summed E-state index contributed by atoms with van der Waals surface area (Å²) in [5.41, 5.74) is 4.16. The highest BCUT2D eigenvalue weighted by Crippen LogP contribution is 1.98. The number of carbonyl (C=O) groups is 2. The third kappa shape index (κ3) is 5.58. The third-order valence-electron chi connectivity index (χ3n) is 2.86. The van der Waals surface area contributed by atoms with Crippen LogP contribution >= 0.6 is 0 Å². The second-order valence-corrected chi connectivity index (χ2v) is 4.64.